The van der Waals surface area contributed by atoms with Crippen LogP contribution in [0.25, 0.3) is 0 Å². The monoisotopic (exact) mass is 315 g/mol. The fourth-order valence-electron chi connectivity index (χ4n) is 1.59. The van der Waals surface area contributed by atoms with Gasteiger partial charge in [0.25, 0.3) is 10.2 Å². The molecular weight excluding hydrogens is 294 g/mol. The molecule has 0 aromatic carbocycles. The molecule has 1 aromatic rings. The van der Waals surface area contributed by atoms with Crippen LogP contribution < -0.4 is 10.5 Å². The van der Waals surface area contributed by atoms with Crippen molar-refractivity contribution in [3.63, 3.8) is 0 Å². The quantitative estimate of drug-likeness (QED) is 0.311. The van der Waals surface area contributed by atoms with E-state index in [1.807, 2.05) is 0 Å². The smallest absolute Gasteiger partial charge is 0.279 e. The molecule has 0 radical (unpaired) electrons. The third kappa shape index (κ3) is 6.63. The molecule has 0 saturated heterocycles. The molecule has 8 nitrogen and oxygen atoms in total. The van der Waals surface area contributed by atoms with E-state index in [-0.39, 0.29) is 38.5 Å². The summed E-state index contributed by atoms with van der Waals surface area (Å²) in [5.41, 5.74) is 6.07. The third-order valence-corrected chi connectivity index (χ3v) is 4.20. The summed E-state index contributed by atoms with van der Waals surface area (Å²) < 4.78 is 33.0. The normalized spacial score (nSPS) is 11.7. The molecule has 0 atom stereocenters. The van der Waals surface area contributed by atoms with E-state index in [0.29, 0.717) is 0 Å². The zero-order chi connectivity index (χ0) is 15.7. The molecule has 0 unspecified atom stereocenters. The summed E-state index contributed by atoms with van der Waals surface area (Å²) in [4.78, 5) is 3.96. The van der Waals surface area contributed by atoms with E-state index in [1.165, 1.54) is 11.4 Å². The van der Waals surface area contributed by atoms with Crippen molar-refractivity contribution in [1.82, 2.24) is 14.0 Å². The highest BCUT2D eigenvalue weighted by Crippen LogP contribution is 2.08. The summed E-state index contributed by atoms with van der Waals surface area (Å²) in [7, 11) is -2.17. The van der Waals surface area contributed by atoms with Gasteiger partial charge in [0.1, 0.15) is 0 Å². The van der Waals surface area contributed by atoms with Crippen LogP contribution in [0, 0.1) is 5.41 Å². The van der Waals surface area contributed by atoms with Crippen molar-refractivity contribution >= 4 is 16.0 Å². The summed E-state index contributed by atoms with van der Waals surface area (Å²) in [5.74, 6) is -0.0571. The second kappa shape index (κ2) is 8.67. The largest absolute Gasteiger partial charge is 0.388 e. The molecule has 118 valence electrons. The van der Waals surface area contributed by atoms with Gasteiger partial charge in [-0.1, -0.05) is 6.07 Å². The second-order valence-electron chi connectivity index (χ2n) is 4.36. The third-order valence-electron chi connectivity index (χ3n) is 2.64. The molecule has 0 aliphatic heterocycles. The number of nitrogens with one attached hydrogen (secondary N) is 2. The maximum atomic E-state index is 12.3. The summed E-state index contributed by atoms with van der Waals surface area (Å²) >= 11 is 0. The molecule has 1 rings (SSSR count). The van der Waals surface area contributed by atoms with Crippen molar-refractivity contribution in [2.45, 2.75) is 13.0 Å². The molecular formula is C12H21N5O3S. The fourth-order valence-corrected chi connectivity index (χ4v) is 2.76. The Kier molecular flexibility index (Phi) is 7.23. The van der Waals surface area contributed by atoms with E-state index >= 15 is 0 Å². The molecule has 21 heavy (non-hydrogen) atoms. The van der Waals surface area contributed by atoms with E-state index in [2.05, 4.69) is 9.71 Å². The summed E-state index contributed by atoms with van der Waals surface area (Å²) in [6.45, 7) is 0.769. The Balaban J connectivity index is 2.77. The Bertz CT molecular complexity index is 535. The van der Waals surface area contributed by atoms with Gasteiger partial charge in [-0.3, -0.25) is 10.4 Å². The minimum atomic E-state index is -3.67. The van der Waals surface area contributed by atoms with Gasteiger partial charge in [-0.25, -0.2) is 0 Å². The summed E-state index contributed by atoms with van der Waals surface area (Å²) in [6, 6.07) is 3.53. The molecule has 0 bridgehead atoms. The predicted octanol–water partition coefficient (Wildman–Crippen LogP) is -0.310. The van der Waals surface area contributed by atoms with Crippen LogP contribution in [0.1, 0.15) is 12.0 Å². The number of aromatic nitrogens is 1. The second-order valence-corrected chi connectivity index (χ2v) is 6.12. The number of rotatable bonds is 10. The maximum absolute atomic E-state index is 12.3. The number of nitrogens with two attached hydrogens (primary N) is 1. The highest BCUT2D eigenvalue weighted by Gasteiger charge is 2.21. The SMILES string of the molecule is COCCNS(=O)(=O)N(CCC(=N)N)Cc1cccnc1. The van der Waals surface area contributed by atoms with Crippen LogP contribution in [-0.4, -0.2) is 50.3 Å². The Hall–Kier alpha value is -1.55. The predicted molar refractivity (Wildman–Crippen MR) is 80.0 cm³/mol. The number of amidine groups is 1. The molecule has 4 N–H and O–H groups in total. The molecule has 1 heterocycles. The zero-order valence-electron chi connectivity index (χ0n) is 11.9. The zero-order valence-corrected chi connectivity index (χ0v) is 12.8. The number of pyridine rings is 1. The Morgan fingerprint density at radius 1 is 1.57 bits per heavy atom. The standard InChI is InChI=1S/C12H21N5O3S/c1-20-8-6-16-21(18,19)17(7-4-12(13)14)10-11-3-2-5-15-9-11/h2-3,5,9,16H,4,6-8,10H2,1H3,(H3,13,14). The maximum Gasteiger partial charge on any atom is 0.279 e. The van der Waals surface area contributed by atoms with Gasteiger partial charge in [0.05, 0.1) is 12.4 Å². The molecule has 1 aromatic heterocycles. The highest BCUT2D eigenvalue weighted by molar-refractivity contribution is 7.87. The first kappa shape index (κ1) is 17.5. The first-order valence-electron chi connectivity index (χ1n) is 6.41. The van der Waals surface area contributed by atoms with Crippen LogP contribution in [0.2, 0.25) is 0 Å². The van der Waals surface area contributed by atoms with Crippen LogP contribution >= 0.6 is 0 Å². The van der Waals surface area contributed by atoms with E-state index in [4.69, 9.17) is 15.9 Å². The molecule has 0 amide bonds. The number of nitrogens with zero attached hydrogens (tertiary/aromatic N) is 2. The van der Waals surface area contributed by atoms with Gasteiger partial charge < -0.3 is 10.5 Å². The van der Waals surface area contributed by atoms with Gasteiger partial charge in [-0.05, 0) is 11.6 Å². The van der Waals surface area contributed by atoms with Crippen LogP contribution in [0.15, 0.2) is 24.5 Å². The summed E-state index contributed by atoms with van der Waals surface area (Å²) in [6.07, 6.45) is 3.39. The van der Waals surface area contributed by atoms with Gasteiger partial charge in [0, 0.05) is 45.6 Å². The minimum absolute atomic E-state index is 0.0571. The van der Waals surface area contributed by atoms with Crippen LogP contribution in [0.5, 0.6) is 0 Å². The van der Waals surface area contributed by atoms with E-state index in [0.717, 1.165) is 5.56 Å². The van der Waals surface area contributed by atoms with Crippen molar-refractivity contribution in [2.24, 2.45) is 5.73 Å². The van der Waals surface area contributed by atoms with Crippen molar-refractivity contribution < 1.29 is 13.2 Å². The van der Waals surface area contributed by atoms with E-state index in [1.54, 1.807) is 24.5 Å². The lowest BCUT2D eigenvalue weighted by atomic mass is 10.3. The first-order chi connectivity index (χ1) is 9.95. The number of methoxy groups -OCH3 is 1. The van der Waals surface area contributed by atoms with Gasteiger partial charge >= 0.3 is 0 Å². The average Bonchev–Trinajstić information content (AvgIpc) is 2.44. The molecule has 0 aliphatic rings. The van der Waals surface area contributed by atoms with Gasteiger partial charge in [-0.2, -0.15) is 17.4 Å². The fraction of sp³-hybridized carbons (Fsp3) is 0.500. The van der Waals surface area contributed by atoms with Gasteiger partial charge in [0.2, 0.25) is 0 Å². The van der Waals surface area contributed by atoms with Crippen LogP contribution in [0.4, 0.5) is 0 Å². The molecule has 0 spiro atoms. The van der Waals surface area contributed by atoms with Crippen molar-refractivity contribution in [3.05, 3.63) is 30.1 Å². The highest BCUT2D eigenvalue weighted by atomic mass is 32.2. The van der Waals surface area contributed by atoms with Gasteiger partial charge in [-0.15, -0.1) is 0 Å². The van der Waals surface area contributed by atoms with Crippen molar-refractivity contribution in [3.8, 4) is 0 Å². The van der Waals surface area contributed by atoms with Crippen LogP contribution in [0.3, 0.4) is 0 Å². The average molecular weight is 315 g/mol. The lowest BCUT2D eigenvalue weighted by Gasteiger charge is -2.22. The molecule has 0 aliphatic carbocycles. The molecule has 0 fully saturated rings. The Morgan fingerprint density at radius 3 is 2.90 bits per heavy atom. The van der Waals surface area contributed by atoms with E-state index < -0.39 is 10.2 Å². The van der Waals surface area contributed by atoms with Gasteiger partial charge in [0.15, 0.2) is 0 Å². The first-order valence-corrected chi connectivity index (χ1v) is 7.85. The number of ether oxygens (including phenoxy) is 1. The molecule has 9 heteroatoms. The summed E-state index contributed by atoms with van der Waals surface area (Å²) in [5, 5.41) is 7.24. The number of hydrogen-bond donors (Lipinski definition) is 3. The minimum Gasteiger partial charge on any atom is -0.388 e. The number of hydrogen-bond acceptors (Lipinski definition) is 5. The lowest BCUT2D eigenvalue weighted by molar-refractivity contribution is 0.203. The van der Waals surface area contributed by atoms with E-state index in [9.17, 15) is 8.42 Å². The lowest BCUT2D eigenvalue weighted by Crippen LogP contribution is -2.42. The van der Waals surface area contributed by atoms with Crippen molar-refractivity contribution in [1.29, 1.82) is 5.41 Å². The van der Waals surface area contributed by atoms with Crippen molar-refractivity contribution in [2.75, 3.05) is 26.8 Å². The van der Waals surface area contributed by atoms with Crippen LogP contribution in [-0.2, 0) is 21.5 Å². The Morgan fingerprint density at radius 2 is 2.33 bits per heavy atom. The Labute approximate surface area is 125 Å². The topological polar surface area (TPSA) is 121 Å². The molecule has 0 saturated carbocycles.